The average molecular weight is 1260 g/mol. The fourth-order valence-electron chi connectivity index (χ4n) is 10.8. The summed E-state index contributed by atoms with van der Waals surface area (Å²) in [5.74, 6) is -3.21. The van der Waals surface area contributed by atoms with E-state index in [1.807, 2.05) is 41.5 Å². The summed E-state index contributed by atoms with van der Waals surface area (Å²) in [6.07, 6.45) is -26.5. The van der Waals surface area contributed by atoms with Crippen molar-refractivity contribution in [2.75, 3.05) is 66.6 Å². The average Bonchev–Trinajstić information content (AvgIpc) is 2.57. The molecule has 32 heteroatoms. The van der Waals surface area contributed by atoms with E-state index in [1.54, 1.807) is 0 Å². The van der Waals surface area contributed by atoms with Crippen molar-refractivity contribution in [3.63, 3.8) is 0 Å². The van der Waals surface area contributed by atoms with Crippen molar-refractivity contribution < 1.29 is 121 Å². The van der Waals surface area contributed by atoms with E-state index < -0.39 is 185 Å². The summed E-state index contributed by atoms with van der Waals surface area (Å²) in [4.78, 5) is 32.9. The SMILES string of the molecule is CCCCOC1C(OCCCC)[C@H](O[C@H]2OC(CO)[C@@H](OCCCC)C(OCCCC)C2N=[N+]=[N-])C(C(=O)O)O[C@H]1O[C@@H]1C(CO)O[C@@H](O[C@H]2C(C(=O)O)O[C@@H](O[C@@H]3C(CO)O[C@H](OC)C(N=[N+]=[N-])C3OCCCC)C(O)C2OCCCC)C(N)C1O. The molecule has 0 aromatic rings. The molecule has 5 heterocycles. The summed E-state index contributed by atoms with van der Waals surface area (Å²) in [7, 11) is 1.30. The summed E-state index contributed by atoms with van der Waals surface area (Å²) >= 11 is 0. The van der Waals surface area contributed by atoms with Crippen LogP contribution in [0.25, 0.3) is 20.9 Å². The minimum atomic E-state index is -2.05. The number of rotatable bonds is 40. The van der Waals surface area contributed by atoms with Gasteiger partial charge in [-0.2, -0.15) is 0 Å². The molecule has 9 N–H and O–H groups in total. The molecule has 0 aliphatic carbocycles. The van der Waals surface area contributed by atoms with E-state index in [0.29, 0.717) is 64.2 Å². The van der Waals surface area contributed by atoms with Crippen LogP contribution in [-0.2, 0) is 85.4 Å². The highest BCUT2D eigenvalue weighted by Crippen LogP contribution is 2.39. The second-order valence-corrected chi connectivity index (χ2v) is 21.9. The van der Waals surface area contributed by atoms with Crippen LogP contribution < -0.4 is 5.73 Å². The van der Waals surface area contributed by atoms with E-state index in [9.17, 15) is 56.4 Å². The topological polar surface area (TPSA) is 447 Å². The highest BCUT2D eigenvalue weighted by Gasteiger charge is 2.60. The number of carboxylic acid groups (broad SMARTS) is 2. The molecule has 502 valence electrons. The van der Waals surface area contributed by atoms with Gasteiger partial charge in [0.2, 0.25) is 0 Å². The Morgan fingerprint density at radius 3 is 1.26 bits per heavy atom. The number of nitrogens with two attached hydrogens (primary N) is 1. The number of hydrogen-bond donors (Lipinski definition) is 8. The van der Waals surface area contributed by atoms with Gasteiger partial charge in [0.15, 0.2) is 43.7 Å². The van der Waals surface area contributed by atoms with Crippen molar-refractivity contribution >= 4 is 11.9 Å². The highest BCUT2D eigenvalue weighted by atomic mass is 16.8. The van der Waals surface area contributed by atoms with Crippen LogP contribution in [0.1, 0.15) is 119 Å². The van der Waals surface area contributed by atoms with Gasteiger partial charge in [0.05, 0.1) is 38.1 Å². The Morgan fingerprint density at radius 2 is 0.793 bits per heavy atom. The van der Waals surface area contributed by atoms with Crippen LogP contribution in [0.5, 0.6) is 0 Å². The molecule has 5 fully saturated rings. The monoisotopic (exact) mass is 1260 g/mol. The maximum absolute atomic E-state index is 13.6. The molecule has 0 aromatic heterocycles. The molecule has 0 saturated carbocycles. The van der Waals surface area contributed by atoms with Gasteiger partial charge in [0, 0.05) is 56.6 Å². The number of hydrogen-bond acceptors (Lipinski definition) is 26. The van der Waals surface area contributed by atoms with Gasteiger partial charge < -0.3 is 117 Å². The zero-order valence-corrected chi connectivity index (χ0v) is 51.0. The van der Waals surface area contributed by atoms with Crippen molar-refractivity contribution in [1.29, 1.82) is 0 Å². The Kier molecular flexibility index (Phi) is 33.5. The second kappa shape index (κ2) is 39.2. The number of azide groups is 2. The fraction of sp³-hybridized carbons (Fsp3) is 0.964. The first-order valence-corrected chi connectivity index (χ1v) is 30.7. The number of methoxy groups -OCH3 is 1. The molecule has 5 rings (SSSR count). The van der Waals surface area contributed by atoms with Crippen LogP contribution in [0.15, 0.2) is 10.2 Å². The molecular weight excluding hydrogens is 1160 g/mol. The molecule has 0 bridgehead atoms. The van der Waals surface area contributed by atoms with Crippen molar-refractivity contribution in [1.82, 2.24) is 0 Å². The molecule has 0 aromatic carbocycles. The number of carbonyl (C=O) groups is 2. The van der Waals surface area contributed by atoms with Crippen LogP contribution in [0, 0.1) is 0 Å². The molecule has 0 amide bonds. The van der Waals surface area contributed by atoms with Gasteiger partial charge in [0.1, 0.15) is 91.4 Å². The lowest BCUT2D eigenvalue weighted by atomic mass is 9.94. The smallest absolute Gasteiger partial charge is 0.335 e. The van der Waals surface area contributed by atoms with Crippen molar-refractivity contribution in [3.05, 3.63) is 20.9 Å². The van der Waals surface area contributed by atoms with Crippen molar-refractivity contribution in [2.24, 2.45) is 16.0 Å². The minimum absolute atomic E-state index is 0.0402. The number of aliphatic hydroxyl groups excluding tert-OH is 5. The molecule has 15 unspecified atom stereocenters. The van der Waals surface area contributed by atoms with Gasteiger partial charge in [-0.15, -0.1) is 0 Å². The van der Waals surface area contributed by atoms with Gasteiger partial charge in [-0.05, 0) is 49.6 Å². The Bertz CT molecular complexity index is 2070. The minimum Gasteiger partial charge on any atom is -0.479 e. The van der Waals surface area contributed by atoms with Crippen LogP contribution in [0.3, 0.4) is 0 Å². The van der Waals surface area contributed by atoms with Gasteiger partial charge in [-0.25, -0.2) is 9.59 Å². The molecule has 0 spiro atoms. The Hall–Kier alpha value is -3.32. The van der Waals surface area contributed by atoms with Crippen LogP contribution in [0.4, 0.5) is 0 Å². The van der Waals surface area contributed by atoms with E-state index in [1.165, 1.54) is 7.11 Å². The van der Waals surface area contributed by atoms with Crippen LogP contribution >= 0.6 is 0 Å². The number of carboxylic acids is 2. The Labute approximate surface area is 507 Å². The number of nitrogens with zero attached hydrogens (tertiary/aromatic N) is 6. The molecule has 5 aliphatic heterocycles. The van der Waals surface area contributed by atoms with Crippen LogP contribution in [0.2, 0.25) is 0 Å². The van der Waals surface area contributed by atoms with E-state index >= 15 is 0 Å². The maximum Gasteiger partial charge on any atom is 0.335 e. The predicted octanol–water partition coefficient (Wildman–Crippen LogP) is 2.46. The zero-order chi connectivity index (χ0) is 63.6. The molecule has 5 saturated heterocycles. The first-order valence-electron chi connectivity index (χ1n) is 30.7. The number of ether oxygens (including phenoxy) is 16. The zero-order valence-electron chi connectivity index (χ0n) is 51.0. The molecule has 5 aliphatic rings. The lowest BCUT2D eigenvalue weighted by Gasteiger charge is -2.51. The maximum atomic E-state index is 13.6. The number of aliphatic carboxylic acids is 2. The van der Waals surface area contributed by atoms with E-state index in [4.69, 9.17) is 81.5 Å². The van der Waals surface area contributed by atoms with E-state index in [0.717, 1.165) is 12.8 Å². The Morgan fingerprint density at radius 1 is 0.437 bits per heavy atom. The quantitative estimate of drug-likeness (QED) is 0.0189. The molecule has 87 heavy (non-hydrogen) atoms. The van der Waals surface area contributed by atoms with E-state index in [2.05, 4.69) is 20.1 Å². The molecule has 0 radical (unpaired) electrons. The molecule has 32 nitrogen and oxygen atoms in total. The van der Waals surface area contributed by atoms with Gasteiger partial charge in [0.25, 0.3) is 0 Å². The third-order valence-electron chi connectivity index (χ3n) is 15.6. The summed E-state index contributed by atoms with van der Waals surface area (Å²) in [5, 5.41) is 86.2. The Balaban J connectivity index is 1.47. The first-order chi connectivity index (χ1) is 42.1. The third-order valence-corrected chi connectivity index (χ3v) is 15.6. The van der Waals surface area contributed by atoms with Crippen LogP contribution in [-0.4, -0.2) is 268 Å². The normalized spacial score (nSPS) is 38.1. The van der Waals surface area contributed by atoms with E-state index in [-0.39, 0.29) is 39.6 Å². The van der Waals surface area contributed by atoms with Gasteiger partial charge in [-0.1, -0.05) is 90.3 Å². The largest absolute Gasteiger partial charge is 0.479 e. The second-order valence-electron chi connectivity index (χ2n) is 21.9. The summed E-state index contributed by atoms with van der Waals surface area (Å²) < 4.78 is 99.5. The summed E-state index contributed by atoms with van der Waals surface area (Å²) in [6.45, 7) is 10.0. The van der Waals surface area contributed by atoms with Gasteiger partial charge >= 0.3 is 11.9 Å². The summed E-state index contributed by atoms with van der Waals surface area (Å²) in [5.41, 5.74) is 26.2. The molecule has 25 atom stereocenters. The summed E-state index contributed by atoms with van der Waals surface area (Å²) in [6, 6.07) is -4.16. The predicted molar refractivity (Wildman–Crippen MR) is 300 cm³/mol. The van der Waals surface area contributed by atoms with Crippen molar-refractivity contribution in [3.8, 4) is 0 Å². The lowest BCUT2D eigenvalue weighted by molar-refractivity contribution is -0.380. The highest BCUT2D eigenvalue weighted by molar-refractivity contribution is 5.74. The first kappa shape index (κ1) is 74.4. The lowest BCUT2D eigenvalue weighted by Crippen LogP contribution is -2.70. The van der Waals surface area contributed by atoms with Gasteiger partial charge in [-0.3, -0.25) is 0 Å². The van der Waals surface area contributed by atoms with Crippen molar-refractivity contribution in [2.45, 2.75) is 272 Å². The molecular formula is C55H97N7O25. The fourth-order valence-corrected chi connectivity index (χ4v) is 10.8. The standard InChI is InChI=1S/C55H97N7O25/c1-8-14-20-73-38-30(27-64)81-53(34(60-62-58)40(38)74-21-15-9-2)85-45-43(77-24-18-12-5)48(78-25-19-13-6)55(87-47(45)50(70)71)82-37-29(26-63)79-51(32(56)35(37)66)84-44-42(76-23-17-11-4)36(67)54(86-46(44)49(68)69)83-39-31(28-65)80-52(72-7)33(59-61-57)41(39)75-22-16-10-3/h29-48,51-55,63-67H,8-28,56H2,1-7H3,(H,68,69)(H,70,71)/t29?,30?,31?,32?,33?,34?,35?,36?,37-,38-,39-,40?,41?,42?,43?,44-,45+,46?,47?,48?,51+,52+,53-,54-,55-/m1/s1. The third kappa shape index (κ3) is 19.8. The number of unbranched alkanes of at least 4 members (excludes halogenated alkanes) is 6. The number of aliphatic hydroxyl groups is 5.